The van der Waals surface area contributed by atoms with E-state index in [-0.39, 0.29) is 17.8 Å². The van der Waals surface area contributed by atoms with Gasteiger partial charge in [0.05, 0.1) is 17.1 Å². The van der Waals surface area contributed by atoms with Gasteiger partial charge in [-0.2, -0.15) is 13.2 Å². The van der Waals surface area contributed by atoms with Crippen LogP contribution in [0.15, 0.2) is 18.2 Å². The Kier molecular flexibility index (Phi) is 4.36. The van der Waals surface area contributed by atoms with Crippen molar-refractivity contribution < 1.29 is 22.8 Å². The number of ether oxygens (including phenoxy) is 1. The summed E-state index contributed by atoms with van der Waals surface area (Å²) in [5, 5.41) is 13.7. The molecule has 1 aliphatic rings. The van der Waals surface area contributed by atoms with Crippen LogP contribution in [0, 0.1) is 10.1 Å². The number of halogens is 3. The number of hydrogen-bond acceptors (Lipinski definition) is 4. The van der Waals surface area contributed by atoms with Crippen molar-refractivity contribution in [2.24, 2.45) is 0 Å². The minimum atomic E-state index is -4.77. The molecule has 1 fully saturated rings. The Morgan fingerprint density at radius 2 is 2.10 bits per heavy atom. The van der Waals surface area contributed by atoms with Gasteiger partial charge in [-0.05, 0) is 31.4 Å². The van der Waals surface area contributed by atoms with Crippen molar-refractivity contribution >= 4 is 11.4 Å². The van der Waals surface area contributed by atoms with E-state index in [9.17, 15) is 23.3 Å². The summed E-state index contributed by atoms with van der Waals surface area (Å²) in [6, 6.07) is 2.86. The SMILES string of the molecule is COC1CCCC1Nc1ccc([N+](=O)[O-])c(C(F)(F)F)c1. The zero-order valence-electron chi connectivity index (χ0n) is 11.3. The first-order valence-electron chi connectivity index (χ1n) is 6.48. The molecule has 1 aromatic rings. The summed E-state index contributed by atoms with van der Waals surface area (Å²) in [6.45, 7) is 0. The van der Waals surface area contributed by atoms with Gasteiger partial charge in [-0.15, -0.1) is 0 Å². The van der Waals surface area contributed by atoms with Crippen LogP contribution in [0.25, 0.3) is 0 Å². The van der Waals surface area contributed by atoms with Gasteiger partial charge in [0.1, 0.15) is 5.56 Å². The molecule has 0 saturated heterocycles. The maximum absolute atomic E-state index is 12.9. The standard InChI is InChI=1S/C13H15F3N2O3/c1-21-12-4-2-3-10(12)17-8-5-6-11(18(19)20)9(7-8)13(14,15)16/h5-7,10,12,17H,2-4H2,1H3. The number of methoxy groups -OCH3 is 1. The Balaban J connectivity index is 2.27. The molecule has 1 aliphatic carbocycles. The third-order valence-electron chi connectivity index (χ3n) is 3.61. The summed E-state index contributed by atoms with van der Waals surface area (Å²) in [5.74, 6) is 0. The molecule has 5 nitrogen and oxygen atoms in total. The zero-order valence-corrected chi connectivity index (χ0v) is 11.3. The number of nitro groups is 1. The second-order valence-electron chi connectivity index (χ2n) is 4.94. The smallest absolute Gasteiger partial charge is 0.380 e. The van der Waals surface area contributed by atoms with Crippen LogP contribution in [0.4, 0.5) is 24.5 Å². The van der Waals surface area contributed by atoms with E-state index in [1.807, 2.05) is 0 Å². The van der Waals surface area contributed by atoms with Gasteiger partial charge in [-0.1, -0.05) is 0 Å². The van der Waals surface area contributed by atoms with Gasteiger partial charge >= 0.3 is 6.18 Å². The number of rotatable bonds is 4. The fraction of sp³-hybridized carbons (Fsp3) is 0.538. The maximum atomic E-state index is 12.9. The number of alkyl halides is 3. The molecule has 0 aliphatic heterocycles. The fourth-order valence-corrected chi connectivity index (χ4v) is 2.60. The minimum Gasteiger partial charge on any atom is -0.380 e. The van der Waals surface area contributed by atoms with Gasteiger partial charge in [-0.25, -0.2) is 0 Å². The monoisotopic (exact) mass is 304 g/mol. The molecule has 1 aromatic carbocycles. The largest absolute Gasteiger partial charge is 0.423 e. The number of hydrogen-bond donors (Lipinski definition) is 1. The molecular weight excluding hydrogens is 289 g/mol. The highest BCUT2D eigenvalue weighted by atomic mass is 19.4. The predicted molar refractivity (Wildman–Crippen MR) is 70.2 cm³/mol. The van der Waals surface area contributed by atoms with Gasteiger partial charge in [-0.3, -0.25) is 10.1 Å². The minimum absolute atomic E-state index is 0.0606. The molecule has 116 valence electrons. The van der Waals surface area contributed by atoms with Crippen LogP contribution in [0.3, 0.4) is 0 Å². The highest BCUT2D eigenvalue weighted by molar-refractivity contribution is 5.55. The van der Waals surface area contributed by atoms with Gasteiger partial charge in [0, 0.05) is 18.9 Å². The van der Waals surface area contributed by atoms with Gasteiger partial charge in [0.2, 0.25) is 0 Å². The molecule has 1 saturated carbocycles. The molecule has 8 heteroatoms. The van der Waals surface area contributed by atoms with Crippen LogP contribution in [0.5, 0.6) is 0 Å². The van der Waals surface area contributed by atoms with E-state index in [1.54, 1.807) is 7.11 Å². The van der Waals surface area contributed by atoms with Crippen molar-refractivity contribution in [1.82, 2.24) is 0 Å². The van der Waals surface area contributed by atoms with E-state index in [2.05, 4.69) is 5.32 Å². The molecule has 0 radical (unpaired) electrons. The van der Waals surface area contributed by atoms with Crippen molar-refractivity contribution in [3.63, 3.8) is 0 Å². The summed E-state index contributed by atoms with van der Waals surface area (Å²) in [6.07, 6.45) is -2.27. The van der Waals surface area contributed by atoms with Crippen LogP contribution in [-0.2, 0) is 10.9 Å². The van der Waals surface area contributed by atoms with Crippen LogP contribution in [-0.4, -0.2) is 24.2 Å². The third kappa shape index (κ3) is 3.44. The van der Waals surface area contributed by atoms with E-state index < -0.39 is 22.4 Å². The fourth-order valence-electron chi connectivity index (χ4n) is 2.60. The maximum Gasteiger partial charge on any atom is 0.423 e. The normalized spacial score (nSPS) is 22.3. The second kappa shape index (κ2) is 5.88. The van der Waals surface area contributed by atoms with Crippen molar-refractivity contribution in [3.05, 3.63) is 33.9 Å². The number of nitro benzene ring substituents is 1. The summed E-state index contributed by atoms with van der Waals surface area (Å²) >= 11 is 0. The average molecular weight is 304 g/mol. The summed E-state index contributed by atoms with van der Waals surface area (Å²) in [7, 11) is 1.56. The van der Waals surface area contributed by atoms with Crippen molar-refractivity contribution in [2.45, 2.75) is 37.6 Å². The van der Waals surface area contributed by atoms with Gasteiger partial charge in [0.15, 0.2) is 0 Å². The first-order valence-corrected chi connectivity index (χ1v) is 6.48. The molecule has 0 heterocycles. The van der Waals surface area contributed by atoms with Crippen molar-refractivity contribution in [2.75, 3.05) is 12.4 Å². The van der Waals surface area contributed by atoms with Gasteiger partial charge < -0.3 is 10.1 Å². The van der Waals surface area contributed by atoms with E-state index in [1.165, 1.54) is 6.07 Å². The molecule has 0 bridgehead atoms. The number of anilines is 1. The van der Waals surface area contributed by atoms with Crippen molar-refractivity contribution in [3.8, 4) is 0 Å². The Morgan fingerprint density at radius 3 is 2.67 bits per heavy atom. The third-order valence-corrected chi connectivity index (χ3v) is 3.61. The summed E-state index contributed by atoms with van der Waals surface area (Å²) in [5.41, 5.74) is -1.98. The van der Waals surface area contributed by atoms with Crippen molar-refractivity contribution in [1.29, 1.82) is 0 Å². The first-order chi connectivity index (χ1) is 9.82. The summed E-state index contributed by atoms with van der Waals surface area (Å²) < 4.78 is 43.9. The lowest BCUT2D eigenvalue weighted by Crippen LogP contribution is -2.29. The van der Waals surface area contributed by atoms with Crippen LogP contribution in [0.2, 0.25) is 0 Å². The van der Waals surface area contributed by atoms with Crippen LogP contribution >= 0.6 is 0 Å². The Bertz CT molecular complexity index is 534. The van der Waals surface area contributed by atoms with E-state index in [4.69, 9.17) is 4.74 Å². The Morgan fingerprint density at radius 1 is 1.38 bits per heavy atom. The Hall–Kier alpha value is -1.83. The van der Waals surface area contributed by atoms with Gasteiger partial charge in [0.25, 0.3) is 5.69 Å². The molecule has 21 heavy (non-hydrogen) atoms. The second-order valence-corrected chi connectivity index (χ2v) is 4.94. The molecule has 0 spiro atoms. The molecule has 2 unspecified atom stereocenters. The molecule has 2 rings (SSSR count). The predicted octanol–water partition coefficient (Wildman–Crippen LogP) is 3.59. The lowest BCUT2D eigenvalue weighted by atomic mass is 10.1. The quantitative estimate of drug-likeness (QED) is 0.682. The molecular formula is C13H15F3N2O3. The Labute approximate surface area is 119 Å². The van der Waals surface area contributed by atoms with Crippen LogP contribution in [0.1, 0.15) is 24.8 Å². The van der Waals surface area contributed by atoms with E-state index in [0.29, 0.717) is 0 Å². The topological polar surface area (TPSA) is 64.4 Å². The molecule has 1 N–H and O–H groups in total. The van der Waals surface area contributed by atoms with Crippen LogP contribution < -0.4 is 5.32 Å². The number of nitrogens with zero attached hydrogens (tertiary/aromatic N) is 1. The highest BCUT2D eigenvalue weighted by Gasteiger charge is 2.38. The highest BCUT2D eigenvalue weighted by Crippen LogP contribution is 2.38. The lowest BCUT2D eigenvalue weighted by molar-refractivity contribution is -0.388. The number of benzene rings is 1. The first kappa shape index (κ1) is 15.6. The van der Waals surface area contributed by atoms with E-state index >= 15 is 0 Å². The average Bonchev–Trinajstić information content (AvgIpc) is 2.84. The molecule has 0 aromatic heterocycles. The van der Waals surface area contributed by atoms with E-state index in [0.717, 1.165) is 31.4 Å². The molecule has 0 amide bonds. The molecule has 2 atom stereocenters. The zero-order chi connectivity index (χ0) is 15.6. The number of nitrogens with one attached hydrogen (secondary N) is 1. The lowest BCUT2D eigenvalue weighted by Gasteiger charge is -2.21. The summed E-state index contributed by atoms with van der Waals surface area (Å²) in [4.78, 5) is 9.66.